The zero-order valence-electron chi connectivity index (χ0n) is 26.3. The van der Waals surface area contributed by atoms with Crippen LogP contribution in [0.1, 0.15) is 49.4 Å². The maximum absolute atomic E-state index is 14.7. The number of likely N-dealkylation sites (N-methyl/N-ethyl adjacent to an activating group) is 1. The molecular formula is C34H41F2N7O2. The van der Waals surface area contributed by atoms with Crippen LogP contribution >= 0.6 is 0 Å². The van der Waals surface area contributed by atoms with Gasteiger partial charge in [-0.1, -0.05) is 24.6 Å². The normalized spacial score (nSPS) is 19.3. The van der Waals surface area contributed by atoms with Crippen LogP contribution in [0.15, 0.2) is 30.3 Å². The van der Waals surface area contributed by atoms with Gasteiger partial charge in [0.05, 0.1) is 30.8 Å². The minimum Gasteiger partial charge on any atom is -0.462 e. The second kappa shape index (κ2) is 13.1. The van der Waals surface area contributed by atoms with Crippen molar-refractivity contribution in [1.82, 2.24) is 19.8 Å². The number of hydrogen-bond acceptors (Lipinski definition) is 8. The summed E-state index contributed by atoms with van der Waals surface area (Å²) in [6, 6.07) is 12.0. The third kappa shape index (κ3) is 6.25. The van der Waals surface area contributed by atoms with Gasteiger partial charge in [-0.25, -0.2) is 8.78 Å². The van der Waals surface area contributed by atoms with Crippen molar-refractivity contribution in [3.05, 3.63) is 53.0 Å². The van der Waals surface area contributed by atoms with Gasteiger partial charge in [0.15, 0.2) is 6.17 Å². The number of nitrogens with zero attached hydrogens (tertiary/aromatic N) is 7. The summed E-state index contributed by atoms with van der Waals surface area (Å²) in [5.74, 6) is -0.0756. The molecule has 2 atom stereocenters. The van der Waals surface area contributed by atoms with Gasteiger partial charge < -0.3 is 24.3 Å². The number of carbonyl (C=O) groups excluding carboxylic acids is 1. The highest BCUT2D eigenvalue weighted by Gasteiger charge is 2.35. The Labute approximate surface area is 263 Å². The molecular weight excluding hydrogens is 576 g/mol. The lowest BCUT2D eigenvalue weighted by Crippen LogP contribution is -2.57. The van der Waals surface area contributed by atoms with Crippen LogP contribution in [-0.2, 0) is 17.8 Å². The molecule has 9 nitrogen and oxygen atoms in total. The van der Waals surface area contributed by atoms with E-state index in [1.165, 1.54) is 37.2 Å². The maximum atomic E-state index is 14.7. The molecule has 1 amide bonds. The van der Waals surface area contributed by atoms with Gasteiger partial charge in [-0.2, -0.15) is 15.2 Å². The van der Waals surface area contributed by atoms with Crippen LogP contribution in [0, 0.1) is 24.1 Å². The first-order valence-electron chi connectivity index (χ1n) is 16.0. The number of aromatic nitrogens is 2. The van der Waals surface area contributed by atoms with E-state index >= 15 is 0 Å². The Morgan fingerprint density at radius 2 is 2.00 bits per heavy atom. The summed E-state index contributed by atoms with van der Waals surface area (Å²) in [7, 11) is 2.12. The van der Waals surface area contributed by atoms with Gasteiger partial charge in [0.25, 0.3) is 5.91 Å². The van der Waals surface area contributed by atoms with Gasteiger partial charge >= 0.3 is 6.01 Å². The van der Waals surface area contributed by atoms with Gasteiger partial charge in [-0.05, 0) is 63.2 Å². The van der Waals surface area contributed by atoms with Crippen molar-refractivity contribution in [3.8, 4) is 12.1 Å². The number of hydrogen-bond donors (Lipinski definition) is 0. The Morgan fingerprint density at radius 1 is 1.18 bits per heavy atom. The Kier molecular flexibility index (Phi) is 9.04. The van der Waals surface area contributed by atoms with Crippen LogP contribution < -0.4 is 14.5 Å². The molecule has 3 heterocycles. The lowest BCUT2D eigenvalue weighted by Gasteiger charge is -2.42. The topological polar surface area (TPSA) is 88.8 Å². The molecule has 1 aromatic heterocycles. The van der Waals surface area contributed by atoms with E-state index in [2.05, 4.69) is 27.8 Å². The molecule has 2 aromatic carbocycles. The molecule has 1 saturated heterocycles. The van der Waals surface area contributed by atoms with Crippen LogP contribution in [0.2, 0.25) is 0 Å². The second-order valence-electron chi connectivity index (χ2n) is 12.5. The summed E-state index contributed by atoms with van der Waals surface area (Å²) in [6.07, 6.45) is 2.82. The summed E-state index contributed by atoms with van der Waals surface area (Å²) >= 11 is 0. The number of piperazine rings is 1. The van der Waals surface area contributed by atoms with Crippen molar-refractivity contribution >= 4 is 28.2 Å². The van der Waals surface area contributed by atoms with E-state index < -0.39 is 18.1 Å². The summed E-state index contributed by atoms with van der Waals surface area (Å²) in [5.41, 5.74) is 3.42. The fourth-order valence-corrected chi connectivity index (χ4v) is 6.83. The number of nitriles is 1. The van der Waals surface area contributed by atoms with Crippen molar-refractivity contribution < 1.29 is 18.3 Å². The molecule has 3 aliphatic rings. The first-order valence-corrected chi connectivity index (χ1v) is 16.0. The average molecular weight is 618 g/mol. The quantitative estimate of drug-likeness (QED) is 0.339. The SMILES string of the molecule is Cc1c(F)ccc2cccc(N3CCc4c(nc(OCCN(C)C5CCC5)nc4N4CCN(C(=O)C(C)F)C(CC#N)C4)C3)c12. The van der Waals surface area contributed by atoms with Crippen molar-refractivity contribution in [2.75, 3.05) is 56.2 Å². The smallest absolute Gasteiger partial charge is 0.318 e. The molecule has 1 saturated carbocycles. The monoisotopic (exact) mass is 617 g/mol. The first kappa shape index (κ1) is 31.0. The number of benzene rings is 2. The third-order valence-corrected chi connectivity index (χ3v) is 9.69. The second-order valence-corrected chi connectivity index (χ2v) is 12.5. The Balaban J connectivity index is 1.31. The van der Waals surface area contributed by atoms with E-state index in [1.54, 1.807) is 0 Å². The molecule has 11 heteroatoms. The van der Waals surface area contributed by atoms with Crippen LogP contribution in [0.25, 0.3) is 10.8 Å². The predicted octanol–water partition coefficient (Wildman–Crippen LogP) is 4.79. The van der Waals surface area contributed by atoms with E-state index in [9.17, 15) is 18.8 Å². The number of ether oxygens (including phenoxy) is 1. The Bertz CT molecular complexity index is 1610. The molecule has 2 unspecified atom stereocenters. The van der Waals surface area contributed by atoms with Gasteiger partial charge in [0.2, 0.25) is 0 Å². The fraction of sp³-hybridized carbons (Fsp3) is 0.529. The van der Waals surface area contributed by atoms with E-state index in [0.29, 0.717) is 63.4 Å². The Hall–Kier alpha value is -4.04. The van der Waals surface area contributed by atoms with Gasteiger partial charge in [-0.3, -0.25) is 4.79 Å². The molecule has 0 radical (unpaired) electrons. The highest BCUT2D eigenvalue weighted by Crippen LogP contribution is 2.36. The molecule has 0 bridgehead atoms. The summed E-state index contributed by atoms with van der Waals surface area (Å²) in [4.78, 5) is 30.6. The molecule has 238 valence electrons. The van der Waals surface area contributed by atoms with Gasteiger partial charge in [-0.15, -0.1) is 0 Å². The number of alkyl halides is 1. The van der Waals surface area contributed by atoms with Crippen LogP contribution in [0.4, 0.5) is 20.3 Å². The fourth-order valence-electron chi connectivity index (χ4n) is 6.83. The predicted molar refractivity (Wildman–Crippen MR) is 170 cm³/mol. The Morgan fingerprint density at radius 3 is 2.73 bits per heavy atom. The van der Waals surface area contributed by atoms with E-state index in [-0.39, 0.29) is 12.2 Å². The number of carbonyl (C=O) groups is 1. The highest BCUT2D eigenvalue weighted by molar-refractivity contribution is 5.97. The van der Waals surface area contributed by atoms with Crippen molar-refractivity contribution in [3.63, 3.8) is 0 Å². The van der Waals surface area contributed by atoms with Crippen molar-refractivity contribution in [1.29, 1.82) is 5.26 Å². The maximum Gasteiger partial charge on any atom is 0.318 e. The minimum absolute atomic E-state index is 0.101. The molecule has 3 aromatic rings. The zero-order valence-corrected chi connectivity index (χ0v) is 26.3. The van der Waals surface area contributed by atoms with Crippen molar-refractivity contribution in [2.24, 2.45) is 0 Å². The minimum atomic E-state index is -1.63. The number of halogens is 2. The molecule has 0 N–H and O–H groups in total. The number of rotatable bonds is 9. The number of anilines is 2. The van der Waals surface area contributed by atoms with Crippen LogP contribution in [0.3, 0.4) is 0 Å². The van der Waals surface area contributed by atoms with Crippen LogP contribution in [-0.4, -0.2) is 90.3 Å². The lowest BCUT2D eigenvalue weighted by molar-refractivity contribution is -0.138. The first-order chi connectivity index (χ1) is 21.7. The third-order valence-electron chi connectivity index (χ3n) is 9.69. The van der Waals surface area contributed by atoms with Crippen LogP contribution in [0.5, 0.6) is 6.01 Å². The number of aryl methyl sites for hydroxylation is 1. The molecule has 2 fully saturated rings. The molecule has 2 aliphatic heterocycles. The summed E-state index contributed by atoms with van der Waals surface area (Å²) < 4.78 is 34.9. The standard InChI is InChI=1S/C34H41F2N7O2/c1-22-28(36)11-10-24-6-4-9-30(31(22)24)41-15-13-27-29(21-41)38-34(45-19-18-40(3)25-7-5-8-25)39-32(27)42-16-17-43(33(44)23(2)35)26(20-42)12-14-37/h4,6,9-11,23,25-26H,5,7-8,12-13,15-21H2,1-3H3. The molecule has 6 rings (SSSR count). The van der Waals surface area contributed by atoms with E-state index in [0.717, 1.165) is 40.1 Å². The van der Waals surface area contributed by atoms with E-state index in [1.807, 2.05) is 31.2 Å². The number of amides is 1. The zero-order chi connectivity index (χ0) is 31.7. The van der Waals surface area contributed by atoms with Gasteiger partial charge in [0, 0.05) is 55.4 Å². The number of fused-ring (bicyclic) bond motifs is 2. The molecule has 1 aliphatic carbocycles. The van der Waals surface area contributed by atoms with Gasteiger partial charge in [0.1, 0.15) is 18.2 Å². The lowest BCUT2D eigenvalue weighted by atomic mass is 9.92. The van der Waals surface area contributed by atoms with E-state index in [4.69, 9.17) is 14.7 Å². The molecule has 45 heavy (non-hydrogen) atoms. The molecule has 0 spiro atoms. The average Bonchev–Trinajstić information content (AvgIpc) is 3.01. The highest BCUT2D eigenvalue weighted by atomic mass is 19.1. The largest absolute Gasteiger partial charge is 0.462 e. The summed E-state index contributed by atoms with van der Waals surface area (Å²) in [5, 5.41) is 11.4. The van der Waals surface area contributed by atoms with Crippen molar-refractivity contribution in [2.45, 2.75) is 70.8 Å². The summed E-state index contributed by atoms with van der Waals surface area (Å²) in [6.45, 7) is 6.57.